The summed E-state index contributed by atoms with van der Waals surface area (Å²) >= 11 is 0. The van der Waals surface area contributed by atoms with E-state index < -0.39 is 0 Å². The summed E-state index contributed by atoms with van der Waals surface area (Å²) in [7, 11) is 4.19. The third-order valence-electron chi connectivity index (χ3n) is 3.87. The number of rotatable bonds is 2. The minimum atomic E-state index is -0.250. The Balaban J connectivity index is 1.95. The number of urea groups is 1. The highest BCUT2D eigenvalue weighted by Gasteiger charge is 2.32. The second kappa shape index (κ2) is 5.24. The van der Waals surface area contributed by atoms with Crippen LogP contribution >= 0.6 is 0 Å². The maximum Gasteiger partial charge on any atom is 0.324 e. The number of likely N-dealkylation sites (N-methyl/N-ethyl adjacent to an activating group) is 2. The number of imide groups is 1. The van der Waals surface area contributed by atoms with Gasteiger partial charge in [-0.05, 0) is 14.1 Å². The molecule has 0 saturated carbocycles. The van der Waals surface area contributed by atoms with E-state index in [1.165, 1.54) is 0 Å². The monoisotopic (exact) mass is 254 g/mol. The van der Waals surface area contributed by atoms with Crippen molar-refractivity contribution in [2.24, 2.45) is 5.92 Å². The van der Waals surface area contributed by atoms with Gasteiger partial charge in [0.1, 0.15) is 0 Å². The Morgan fingerprint density at radius 3 is 2.67 bits per heavy atom. The SMILES string of the molecule is CC1CN(CC2CN(C)CCN2C)C(=O)NC1=O. The molecule has 2 atom stereocenters. The molecule has 2 rings (SSSR count). The summed E-state index contributed by atoms with van der Waals surface area (Å²) in [6.07, 6.45) is 0. The lowest BCUT2D eigenvalue weighted by Crippen LogP contribution is -2.60. The van der Waals surface area contributed by atoms with Crippen LogP contribution in [0, 0.1) is 5.92 Å². The van der Waals surface area contributed by atoms with Crippen LogP contribution in [0.4, 0.5) is 4.79 Å². The van der Waals surface area contributed by atoms with E-state index in [-0.39, 0.29) is 17.9 Å². The Morgan fingerprint density at radius 2 is 1.94 bits per heavy atom. The highest BCUT2D eigenvalue weighted by atomic mass is 16.2. The summed E-state index contributed by atoms with van der Waals surface area (Å²) in [5.74, 6) is -0.278. The average molecular weight is 254 g/mol. The van der Waals surface area contributed by atoms with Crippen LogP contribution in [0.5, 0.6) is 0 Å². The zero-order valence-corrected chi connectivity index (χ0v) is 11.3. The average Bonchev–Trinajstić information content (AvgIpc) is 2.30. The third-order valence-corrected chi connectivity index (χ3v) is 3.87. The standard InChI is InChI=1S/C12H22N4O2/c1-9-6-16(12(18)13-11(9)17)8-10-7-14(2)4-5-15(10)3/h9-10H,4-8H2,1-3H3,(H,13,17,18). The number of amides is 3. The fourth-order valence-corrected chi connectivity index (χ4v) is 2.51. The first-order valence-corrected chi connectivity index (χ1v) is 6.46. The van der Waals surface area contributed by atoms with Gasteiger partial charge >= 0.3 is 6.03 Å². The van der Waals surface area contributed by atoms with Gasteiger partial charge in [-0.2, -0.15) is 0 Å². The Bertz CT molecular complexity index is 347. The molecule has 0 aromatic carbocycles. The summed E-state index contributed by atoms with van der Waals surface area (Å²) in [6, 6.07) is 0.0922. The largest absolute Gasteiger partial charge is 0.324 e. The van der Waals surface area contributed by atoms with Crippen LogP contribution in [0.2, 0.25) is 0 Å². The van der Waals surface area contributed by atoms with Crippen molar-refractivity contribution in [2.45, 2.75) is 13.0 Å². The van der Waals surface area contributed by atoms with Crippen LogP contribution in [0.3, 0.4) is 0 Å². The van der Waals surface area contributed by atoms with Gasteiger partial charge < -0.3 is 9.80 Å². The predicted molar refractivity (Wildman–Crippen MR) is 68.2 cm³/mol. The number of nitrogens with zero attached hydrogens (tertiary/aromatic N) is 3. The van der Waals surface area contributed by atoms with Crippen molar-refractivity contribution in [2.75, 3.05) is 46.8 Å². The molecule has 0 bridgehead atoms. The summed E-state index contributed by atoms with van der Waals surface area (Å²) in [6.45, 7) is 6.11. The lowest BCUT2D eigenvalue weighted by atomic mass is 10.1. The summed E-state index contributed by atoms with van der Waals surface area (Å²) in [5, 5.41) is 2.41. The molecule has 2 unspecified atom stereocenters. The minimum Gasteiger partial charge on any atom is -0.322 e. The number of hydrogen-bond acceptors (Lipinski definition) is 4. The van der Waals surface area contributed by atoms with Crippen LogP contribution in [0.15, 0.2) is 0 Å². The molecule has 2 heterocycles. The molecular formula is C12H22N4O2. The lowest BCUT2D eigenvalue weighted by Gasteiger charge is -2.41. The number of carbonyl (C=O) groups is 2. The maximum atomic E-state index is 11.8. The fraction of sp³-hybridized carbons (Fsp3) is 0.833. The van der Waals surface area contributed by atoms with Gasteiger partial charge in [0.05, 0.1) is 5.92 Å². The topological polar surface area (TPSA) is 55.9 Å². The van der Waals surface area contributed by atoms with Crippen molar-refractivity contribution >= 4 is 11.9 Å². The van der Waals surface area contributed by atoms with Gasteiger partial charge in [-0.3, -0.25) is 15.0 Å². The molecule has 2 aliphatic rings. The fourth-order valence-electron chi connectivity index (χ4n) is 2.51. The molecule has 2 aliphatic heterocycles. The van der Waals surface area contributed by atoms with Crippen LogP contribution in [-0.2, 0) is 4.79 Å². The number of hydrogen-bond donors (Lipinski definition) is 1. The number of carbonyl (C=O) groups excluding carboxylic acids is 2. The second-order valence-electron chi connectivity index (χ2n) is 5.50. The van der Waals surface area contributed by atoms with E-state index >= 15 is 0 Å². The van der Waals surface area contributed by atoms with Crippen molar-refractivity contribution in [3.63, 3.8) is 0 Å². The molecule has 0 aliphatic carbocycles. The molecule has 0 aromatic heterocycles. The van der Waals surface area contributed by atoms with Crippen LogP contribution in [0.1, 0.15) is 6.92 Å². The van der Waals surface area contributed by atoms with Gasteiger partial charge in [-0.25, -0.2) is 4.79 Å². The molecule has 3 amide bonds. The van der Waals surface area contributed by atoms with E-state index in [0.717, 1.165) is 19.6 Å². The maximum absolute atomic E-state index is 11.8. The highest BCUT2D eigenvalue weighted by molar-refractivity contribution is 5.97. The number of nitrogens with one attached hydrogen (secondary N) is 1. The molecule has 0 aromatic rings. The van der Waals surface area contributed by atoms with E-state index in [9.17, 15) is 9.59 Å². The smallest absolute Gasteiger partial charge is 0.322 e. The van der Waals surface area contributed by atoms with E-state index in [1.807, 2.05) is 6.92 Å². The van der Waals surface area contributed by atoms with Crippen molar-refractivity contribution in [3.8, 4) is 0 Å². The Kier molecular flexibility index (Phi) is 3.87. The Morgan fingerprint density at radius 1 is 1.22 bits per heavy atom. The van der Waals surface area contributed by atoms with Crippen LogP contribution < -0.4 is 5.32 Å². The zero-order chi connectivity index (χ0) is 13.3. The van der Waals surface area contributed by atoms with Gasteiger partial charge in [0.25, 0.3) is 0 Å². The van der Waals surface area contributed by atoms with Crippen molar-refractivity contribution < 1.29 is 9.59 Å². The van der Waals surface area contributed by atoms with Crippen molar-refractivity contribution in [3.05, 3.63) is 0 Å². The van der Waals surface area contributed by atoms with E-state index in [1.54, 1.807) is 4.90 Å². The second-order valence-corrected chi connectivity index (χ2v) is 5.50. The van der Waals surface area contributed by atoms with E-state index in [0.29, 0.717) is 19.1 Å². The van der Waals surface area contributed by atoms with Gasteiger partial charge in [0.15, 0.2) is 0 Å². The first kappa shape index (κ1) is 13.3. The molecule has 1 N–H and O–H groups in total. The molecular weight excluding hydrogens is 232 g/mol. The molecule has 2 fully saturated rings. The predicted octanol–water partition coefficient (Wildman–Crippen LogP) is -0.580. The Hall–Kier alpha value is -1.14. The van der Waals surface area contributed by atoms with Crippen molar-refractivity contribution in [1.82, 2.24) is 20.0 Å². The molecule has 0 spiro atoms. The van der Waals surface area contributed by atoms with Gasteiger partial charge in [0, 0.05) is 38.8 Å². The minimum absolute atomic E-state index is 0.116. The van der Waals surface area contributed by atoms with Crippen LogP contribution in [-0.4, -0.2) is 79.5 Å². The third kappa shape index (κ3) is 2.81. The van der Waals surface area contributed by atoms with Gasteiger partial charge in [0.2, 0.25) is 5.91 Å². The molecule has 18 heavy (non-hydrogen) atoms. The molecule has 6 heteroatoms. The first-order valence-electron chi connectivity index (χ1n) is 6.46. The van der Waals surface area contributed by atoms with E-state index in [2.05, 4.69) is 29.2 Å². The zero-order valence-electron chi connectivity index (χ0n) is 11.3. The quantitative estimate of drug-likeness (QED) is 0.716. The van der Waals surface area contributed by atoms with Gasteiger partial charge in [-0.15, -0.1) is 0 Å². The normalized spacial score (nSPS) is 31.6. The highest BCUT2D eigenvalue weighted by Crippen LogP contribution is 2.12. The molecule has 2 saturated heterocycles. The summed E-state index contributed by atoms with van der Waals surface area (Å²) < 4.78 is 0. The molecule has 0 radical (unpaired) electrons. The Labute approximate surface area is 108 Å². The van der Waals surface area contributed by atoms with Crippen molar-refractivity contribution in [1.29, 1.82) is 0 Å². The lowest BCUT2D eigenvalue weighted by molar-refractivity contribution is -0.125. The molecule has 102 valence electrons. The first-order chi connectivity index (χ1) is 8.47. The van der Waals surface area contributed by atoms with E-state index in [4.69, 9.17) is 0 Å². The van der Waals surface area contributed by atoms with Gasteiger partial charge in [-0.1, -0.05) is 6.92 Å². The summed E-state index contributed by atoms with van der Waals surface area (Å²) in [5.41, 5.74) is 0. The number of piperazine rings is 1. The van der Waals surface area contributed by atoms with Crippen LogP contribution in [0.25, 0.3) is 0 Å². The molecule has 6 nitrogen and oxygen atoms in total. The summed E-state index contributed by atoms with van der Waals surface area (Å²) in [4.78, 5) is 29.5.